The lowest BCUT2D eigenvalue weighted by Gasteiger charge is -2.12. The molecule has 1 heterocycles. The van der Waals surface area contributed by atoms with Gasteiger partial charge in [0.25, 0.3) is 15.9 Å². The van der Waals surface area contributed by atoms with E-state index in [1.807, 2.05) is 0 Å². The molecule has 0 aliphatic heterocycles. The Hall–Kier alpha value is -2.38. The first kappa shape index (κ1) is 17.0. The Balaban J connectivity index is 2.31. The summed E-state index contributed by atoms with van der Waals surface area (Å²) in [6.45, 7) is 3.79. The monoisotopic (exact) mass is 351 g/mol. The van der Waals surface area contributed by atoms with Crippen molar-refractivity contribution in [3.8, 4) is 0 Å². The first-order valence-electron chi connectivity index (χ1n) is 6.56. The highest BCUT2D eigenvalue weighted by Crippen LogP contribution is 2.20. The van der Waals surface area contributed by atoms with Gasteiger partial charge in [0.15, 0.2) is 0 Å². The van der Waals surface area contributed by atoms with Crippen molar-refractivity contribution in [2.45, 2.75) is 4.90 Å². The molecule has 6 nitrogen and oxygen atoms in total. The summed E-state index contributed by atoms with van der Waals surface area (Å²) in [5.74, 6) is -0.405. The molecule has 1 amide bonds. The number of para-hydroxylation sites is 1. The van der Waals surface area contributed by atoms with Gasteiger partial charge in [0, 0.05) is 12.7 Å². The summed E-state index contributed by atoms with van der Waals surface area (Å²) >= 11 is 5.65. The molecule has 2 N–H and O–H groups in total. The number of carbonyl (C=O) groups is 1. The Labute approximate surface area is 139 Å². The van der Waals surface area contributed by atoms with Crippen LogP contribution in [0.3, 0.4) is 0 Å². The average molecular weight is 352 g/mol. The van der Waals surface area contributed by atoms with Crippen molar-refractivity contribution in [3.05, 3.63) is 66.0 Å². The number of benzene rings is 1. The van der Waals surface area contributed by atoms with Crippen LogP contribution in [0, 0.1) is 0 Å². The Morgan fingerprint density at radius 2 is 2.00 bits per heavy atom. The van der Waals surface area contributed by atoms with Gasteiger partial charge < -0.3 is 5.32 Å². The maximum atomic E-state index is 12.4. The van der Waals surface area contributed by atoms with Crippen LogP contribution in [-0.2, 0) is 10.0 Å². The molecule has 2 rings (SSSR count). The van der Waals surface area contributed by atoms with Crippen LogP contribution in [-0.4, -0.2) is 25.9 Å². The molecule has 2 aromatic rings. The van der Waals surface area contributed by atoms with E-state index in [9.17, 15) is 13.2 Å². The number of nitrogens with zero attached hydrogens (tertiary/aromatic N) is 1. The second-order valence-electron chi connectivity index (χ2n) is 4.47. The highest BCUT2D eigenvalue weighted by molar-refractivity contribution is 7.92. The lowest BCUT2D eigenvalue weighted by molar-refractivity contribution is 0.0959. The van der Waals surface area contributed by atoms with E-state index in [1.165, 1.54) is 30.3 Å². The zero-order valence-electron chi connectivity index (χ0n) is 12.0. The highest BCUT2D eigenvalue weighted by atomic mass is 35.5. The molecule has 0 saturated carbocycles. The summed E-state index contributed by atoms with van der Waals surface area (Å²) < 4.78 is 27.1. The number of rotatable bonds is 6. The van der Waals surface area contributed by atoms with Crippen LogP contribution >= 0.6 is 11.6 Å². The summed E-state index contributed by atoms with van der Waals surface area (Å²) in [5.41, 5.74) is 0.379. The molecular formula is C15H14ClN3O3S. The van der Waals surface area contributed by atoms with Gasteiger partial charge in [-0.3, -0.25) is 9.52 Å². The zero-order chi connectivity index (χ0) is 16.9. The van der Waals surface area contributed by atoms with Crippen LogP contribution in [0.2, 0.25) is 5.15 Å². The fourth-order valence-electron chi connectivity index (χ4n) is 1.76. The molecule has 0 spiro atoms. The molecule has 0 radical (unpaired) electrons. The van der Waals surface area contributed by atoms with E-state index < -0.39 is 15.9 Å². The third-order valence-corrected chi connectivity index (χ3v) is 4.41. The van der Waals surface area contributed by atoms with Gasteiger partial charge in [0.05, 0.1) is 11.3 Å². The van der Waals surface area contributed by atoms with Gasteiger partial charge >= 0.3 is 0 Å². The lowest BCUT2D eigenvalue weighted by atomic mass is 10.1. The molecule has 1 aromatic heterocycles. The number of aromatic nitrogens is 1. The van der Waals surface area contributed by atoms with E-state index in [0.717, 1.165) is 6.20 Å². The SMILES string of the molecule is C=CCNC(=O)c1ccccc1NS(=O)(=O)c1ccc(Cl)nc1. The van der Waals surface area contributed by atoms with E-state index in [-0.39, 0.29) is 27.8 Å². The topological polar surface area (TPSA) is 88.2 Å². The molecule has 1 aromatic carbocycles. The Kier molecular flexibility index (Phi) is 5.36. The van der Waals surface area contributed by atoms with Crippen LogP contribution in [0.25, 0.3) is 0 Å². The normalized spacial score (nSPS) is 10.8. The number of hydrogen-bond acceptors (Lipinski definition) is 4. The summed E-state index contributed by atoms with van der Waals surface area (Å²) in [5, 5.41) is 2.79. The second kappa shape index (κ2) is 7.26. The molecule has 8 heteroatoms. The number of amides is 1. The van der Waals surface area contributed by atoms with Crippen molar-refractivity contribution in [2.75, 3.05) is 11.3 Å². The quantitative estimate of drug-likeness (QED) is 0.618. The fourth-order valence-corrected chi connectivity index (χ4v) is 2.89. The maximum absolute atomic E-state index is 12.4. The standard InChI is InChI=1S/C15H14ClN3O3S/c1-2-9-17-15(20)12-5-3-4-6-13(12)19-23(21,22)11-7-8-14(16)18-10-11/h2-8,10,19H,1,9H2,(H,17,20). The van der Waals surface area contributed by atoms with E-state index in [4.69, 9.17) is 11.6 Å². The van der Waals surface area contributed by atoms with Gasteiger partial charge in [-0.1, -0.05) is 29.8 Å². The van der Waals surface area contributed by atoms with E-state index in [1.54, 1.807) is 12.1 Å². The van der Waals surface area contributed by atoms with E-state index in [2.05, 4.69) is 21.6 Å². The molecule has 0 aliphatic carbocycles. The summed E-state index contributed by atoms with van der Waals surface area (Å²) in [4.78, 5) is 15.8. The molecular weight excluding hydrogens is 338 g/mol. The van der Waals surface area contributed by atoms with E-state index >= 15 is 0 Å². The van der Waals surface area contributed by atoms with Crippen molar-refractivity contribution in [1.82, 2.24) is 10.3 Å². The fraction of sp³-hybridized carbons (Fsp3) is 0.0667. The number of nitrogens with one attached hydrogen (secondary N) is 2. The van der Waals surface area contributed by atoms with Crippen molar-refractivity contribution in [2.24, 2.45) is 0 Å². The molecule has 23 heavy (non-hydrogen) atoms. The van der Waals surface area contributed by atoms with Crippen molar-refractivity contribution >= 4 is 33.2 Å². The number of sulfonamides is 1. The molecule has 0 fully saturated rings. The van der Waals surface area contributed by atoms with Crippen LogP contribution in [0.1, 0.15) is 10.4 Å². The van der Waals surface area contributed by atoms with Gasteiger partial charge in [-0.25, -0.2) is 13.4 Å². The van der Waals surface area contributed by atoms with Crippen LogP contribution < -0.4 is 10.0 Å². The smallest absolute Gasteiger partial charge is 0.263 e. The van der Waals surface area contributed by atoms with E-state index in [0.29, 0.717) is 0 Å². The highest BCUT2D eigenvalue weighted by Gasteiger charge is 2.18. The Morgan fingerprint density at radius 3 is 2.65 bits per heavy atom. The molecule has 0 atom stereocenters. The van der Waals surface area contributed by atoms with Crippen molar-refractivity contribution < 1.29 is 13.2 Å². The van der Waals surface area contributed by atoms with Gasteiger partial charge in [0.1, 0.15) is 10.0 Å². The zero-order valence-corrected chi connectivity index (χ0v) is 13.6. The maximum Gasteiger partial charge on any atom is 0.263 e. The predicted molar refractivity (Wildman–Crippen MR) is 89.0 cm³/mol. The summed E-state index contributed by atoms with van der Waals surface area (Å²) in [7, 11) is -3.88. The van der Waals surface area contributed by atoms with Crippen LogP contribution in [0.4, 0.5) is 5.69 Å². The third-order valence-electron chi connectivity index (χ3n) is 2.83. The minimum atomic E-state index is -3.88. The molecule has 0 unspecified atom stereocenters. The largest absolute Gasteiger partial charge is 0.349 e. The van der Waals surface area contributed by atoms with Crippen molar-refractivity contribution in [3.63, 3.8) is 0 Å². The number of pyridine rings is 1. The summed E-state index contributed by atoms with van der Waals surface area (Å²) in [6, 6.07) is 9.00. The first-order chi connectivity index (χ1) is 10.9. The lowest BCUT2D eigenvalue weighted by Crippen LogP contribution is -2.25. The Bertz CT molecular complexity index is 820. The average Bonchev–Trinajstić information content (AvgIpc) is 2.53. The first-order valence-corrected chi connectivity index (χ1v) is 8.42. The predicted octanol–water partition coefficient (Wildman–Crippen LogP) is 2.45. The van der Waals surface area contributed by atoms with Crippen LogP contribution in [0.5, 0.6) is 0 Å². The number of anilines is 1. The van der Waals surface area contributed by atoms with Crippen LogP contribution in [0.15, 0.2) is 60.1 Å². The van der Waals surface area contributed by atoms with Gasteiger partial charge in [-0.15, -0.1) is 6.58 Å². The number of hydrogen-bond donors (Lipinski definition) is 2. The van der Waals surface area contributed by atoms with Gasteiger partial charge in [-0.05, 0) is 24.3 Å². The summed E-state index contributed by atoms with van der Waals surface area (Å²) in [6.07, 6.45) is 2.68. The molecule has 0 bridgehead atoms. The third kappa shape index (κ3) is 4.30. The molecule has 0 aliphatic rings. The van der Waals surface area contributed by atoms with Gasteiger partial charge in [0.2, 0.25) is 0 Å². The Morgan fingerprint density at radius 1 is 1.26 bits per heavy atom. The van der Waals surface area contributed by atoms with Gasteiger partial charge in [-0.2, -0.15) is 0 Å². The molecule has 0 saturated heterocycles. The minimum absolute atomic E-state index is 0.0526. The number of carbonyl (C=O) groups excluding carboxylic acids is 1. The minimum Gasteiger partial charge on any atom is -0.349 e. The van der Waals surface area contributed by atoms with Crippen molar-refractivity contribution in [1.29, 1.82) is 0 Å². The second-order valence-corrected chi connectivity index (χ2v) is 6.54. The molecule has 120 valence electrons. The number of halogens is 1.